The summed E-state index contributed by atoms with van der Waals surface area (Å²) in [6.07, 6.45) is 9.17. The number of hydrogen-bond acceptors (Lipinski definition) is 2. The second-order valence-electron chi connectivity index (χ2n) is 7.60. The van der Waals surface area contributed by atoms with Crippen LogP contribution in [0.2, 0.25) is 0 Å². The van der Waals surface area contributed by atoms with E-state index in [-0.39, 0.29) is 11.9 Å². The molecule has 0 unspecified atom stereocenters. The van der Waals surface area contributed by atoms with Crippen LogP contribution in [-0.2, 0) is 4.79 Å². The number of amides is 1. The fourth-order valence-electron chi connectivity index (χ4n) is 5.16. The lowest BCUT2D eigenvalue weighted by atomic mass is 9.53. The van der Waals surface area contributed by atoms with E-state index in [2.05, 4.69) is 10.6 Å². The van der Waals surface area contributed by atoms with Crippen molar-refractivity contribution < 1.29 is 4.79 Å². The first-order valence-electron chi connectivity index (χ1n) is 8.09. The highest BCUT2D eigenvalue weighted by Gasteiger charge is 2.50. The van der Waals surface area contributed by atoms with Gasteiger partial charge in [0.25, 0.3) is 0 Å². The maximum atomic E-state index is 11.7. The number of hydrogen-bond donors (Lipinski definition) is 2. The first kappa shape index (κ1) is 13.4. The smallest absolute Gasteiger partial charge is 0.221 e. The zero-order valence-electron chi connectivity index (χ0n) is 12.4. The molecule has 0 heterocycles. The Hall–Kier alpha value is -0.570. The van der Waals surface area contributed by atoms with Gasteiger partial charge in [-0.2, -0.15) is 0 Å². The molecule has 0 aromatic heterocycles. The molecule has 3 heteroatoms. The van der Waals surface area contributed by atoms with E-state index in [1.807, 2.05) is 13.8 Å². The molecule has 4 fully saturated rings. The molecule has 19 heavy (non-hydrogen) atoms. The standard InChI is InChI=1S/C16H28N2O/c1-11(2)18-15(19)3-4-17-16-8-12-5-13(9-16)7-14(6-12)10-16/h11-14,17H,3-10H2,1-2H3,(H,18,19). The molecule has 0 aliphatic heterocycles. The van der Waals surface area contributed by atoms with Crippen LogP contribution in [0.4, 0.5) is 0 Å². The van der Waals surface area contributed by atoms with Crippen LogP contribution in [0.5, 0.6) is 0 Å². The average Bonchev–Trinajstić information content (AvgIpc) is 2.25. The molecule has 4 aliphatic carbocycles. The number of carbonyl (C=O) groups excluding carboxylic acids is 1. The van der Waals surface area contributed by atoms with E-state index in [4.69, 9.17) is 0 Å². The fraction of sp³-hybridized carbons (Fsp3) is 0.938. The molecule has 3 nitrogen and oxygen atoms in total. The van der Waals surface area contributed by atoms with Crippen molar-refractivity contribution in [1.29, 1.82) is 0 Å². The highest BCUT2D eigenvalue weighted by molar-refractivity contribution is 5.76. The number of rotatable bonds is 5. The summed E-state index contributed by atoms with van der Waals surface area (Å²) < 4.78 is 0. The van der Waals surface area contributed by atoms with Crippen molar-refractivity contribution in [2.24, 2.45) is 17.8 Å². The Kier molecular flexibility index (Phi) is 3.59. The Balaban J connectivity index is 1.49. The van der Waals surface area contributed by atoms with Gasteiger partial charge in [0.05, 0.1) is 0 Å². The summed E-state index contributed by atoms with van der Waals surface area (Å²) in [5.74, 6) is 3.11. The molecular weight excluding hydrogens is 236 g/mol. The van der Waals surface area contributed by atoms with Crippen molar-refractivity contribution in [2.45, 2.75) is 70.4 Å². The molecule has 108 valence electrons. The number of carbonyl (C=O) groups is 1. The van der Waals surface area contributed by atoms with Gasteiger partial charge in [0.2, 0.25) is 5.91 Å². The average molecular weight is 264 g/mol. The minimum Gasteiger partial charge on any atom is -0.354 e. The van der Waals surface area contributed by atoms with Gasteiger partial charge in [-0.1, -0.05) is 0 Å². The topological polar surface area (TPSA) is 41.1 Å². The summed E-state index contributed by atoms with van der Waals surface area (Å²) in [5.41, 5.74) is 0.396. The van der Waals surface area contributed by atoms with Crippen molar-refractivity contribution >= 4 is 5.91 Å². The predicted octanol–water partition coefficient (Wildman–Crippen LogP) is 2.46. The maximum Gasteiger partial charge on any atom is 0.221 e. The lowest BCUT2D eigenvalue weighted by Crippen LogP contribution is -2.58. The summed E-state index contributed by atoms with van der Waals surface area (Å²) in [7, 11) is 0. The normalized spacial score (nSPS) is 39.8. The van der Waals surface area contributed by atoms with Gasteiger partial charge in [-0.25, -0.2) is 0 Å². The predicted molar refractivity (Wildman–Crippen MR) is 76.8 cm³/mol. The van der Waals surface area contributed by atoms with Crippen LogP contribution in [0.15, 0.2) is 0 Å². The van der Waals surface area contributed by atoms with Gasteiger partial charge in [-0.15, -0.1) is 0 Å². The van der Waals surface area contributed by atoms with E-state index in [9.17, 15) is 4.79 Å². The summed E-state index contributed by atoms with van der Waals surface area (Å²) in [4.78, 5) is 11.7. The van der Waals surface area contributed by atoms with E-state index in [1.54, 1.807) is 0 Å². The second kappa shape index (κ2) is 5.08. The zero-order chi connectivity index (χ0) is 13.5. The monoisotopic (exact) mass is 264 g/mol. The third kappa shape index (κ3) is 2.96. The molecular formula is C16H28N2O. The molecule has 4 aliphatic rings. The van der Waals surface area contributed by atoms with E-state index in [1.165, 1.54) is 38.5 Å². The summed E-state index contributed by atoms with van der Waals surface area (Å²) >= 11 is 0. The highest BCUT2D eigenvalue weighted by Crippen LogP contribution is 2.55. The third-order valence-corrected chi connectivity index (χ3v) is 5.34. The van der Waals surface area contributed by atoms with Gasteiger partial charge in [-0.3, -0.25) is 4.79 Å². The van der Waals surface area contributed by atoms with Gasteiger partial charge in [-0.05, 0) is 70.1 Å². The van der Waals surface area contributed by atoms with Crippen molar-refractivity contribution in [3.8, 4) is 0 Å². The minimum atomic E-state index is 0.187. The van der Waals surface area contributed by atoms with Crippen LogP contribution >= 0.6 is 0 Å². The van der Waals surface area contributed by atoms with Gasteiger partial charge >= 0.3 is 0 Å². The Morgan fingerprint density at radius 2 is 1.63 bits per heavy atom. The van der Waals surface area contributed by atoms with Gasteiger partial charge in [0.1, 0.15) is 0 Å². The third-order valence-electron chi connectivity index (χ3n) is 5.34. The number of nitrogens with one attached hydrogen (secondary N) is 2. The molecule has 4 saturated carbocycles. The highest BCUT2D eigenvalue weighted by atomic mass is 16.1. The van der Waals surface area contributed by atoms with Crippen molar-refractivity contribution in [2.75, 3.05) is 6.54 Å². The van der Waals surface area contributed by atoms with E-state index in [0.717, 1.165) is 24.3 Å². The van der Waals surface area contributed by atoms with Crippen LogP contribution < -0.4 is 10.6 Å². The molecule has 4 bridgehead atoms. The second-order valence-corrected chi connectivity index (χ2v) is 7.60. The van der Waals surface area contributed by atoms with E-state index < -0.39 is 0 Å². The van der Waals surface area contributed by atoms with Crippen LogP contribution in [0.3, 0.4) is 0 Å². The van der Waals surface area contributed by atoms with Crippen LogP contribution in [0, 0.1) is 17.8 Å². The van der Waals surface area contributed by atoms with Gasteiger partial charge < -0.3 is 10.6 Å². The quantitative estimate of drug-likeness (QED) is 0.801. The Morgan fingerprint density at radius 1 is 1.11 bits per heavy atom. The van der Waals surface area contributed by atoms with Gasteiger partial charge in [0, 0.05) is 24.5 Å². The maximum absolute atomic E-state index is 11.7. The van der Waals surface area contributed by atoms with Crippen molar-refractivity contribution in [3.63, 3.8) is 0 Å². The molecule has 0 radical (unpaired) electrons. The molecule has 0 spiro atoms. The first-order valence-corrected chi connectivity index (χ1v) is 8.09. The summed E-state index contributed by atoms with van der Waals surface area (Å²) in [5, 5.41) is 6.74. The largest absolute Gasteiger partial charge is 0.354 e. The summed E-state index contributed by atoms with van der Waals surface area (Å²) in [6, 6.07) is 0.257. The van der Waals surface area contributed by atoms with Crippen LogP contribution in [0.1, 0.15) is 58.8 Å². The first-order chi connectivity index (χ1) is 9.05. The minimum absolute atomic E-state index is 0.187. The molecule has 0 atom stereocenters. The Bertz CT molecular complexity index is 315. The Labute approximate surface area is 116 Å². The zero-order valence-corrected chi connectivity index (χ0v) is 12.4. The fourth-order valence-corrected chi connectivity index (χ4v) is 5.16. The molecule has 0 saturated heterocycles. The molecule has 0 aromatic rings. The van der Waals surface area contributed by atoms with E-state index >= 15 is 0 Å². The summed E-state index contributed by atoms with van der Waals surface area (Å²) in [6.45, 7) is 4.89. The lowest BCUT2D eigenvalue weighted by molar-refractivity contribution is -0.121. The van der Waals surface area contributed by atoms with E-state index in [0.29, 0.717) is 12.0 Å². The molecule has 2 N–H and O–H groups in total. The lowest BCUT2D eigenvalue weighted by Gasteiger charge is -2.57. The van der Waals surface area contributed by atoms with Crippen LogP contribution in [-0.4, -0.2) is 24.0 Å². The SMILES string of the molecule is CC(C)NC(=O)CCNC12CC3CC(CC(C3)C1)C2. The van der Waals surface area contributed by atoms with Crippen LogP contribution in [0.25, 0.3) is 0 Å². The Morgan fingerprint density at radius 3 is 2.11 bits per heavy atom. The molecule has 1 amide bonds. The van der Waals surface area contributed by atoms with Gasteiger partial charge in [0.15, 0.2) is 0 Å². The molecule has 0 aromatic carbocycles. The molecule has 4 rings (SSSR count). The van der Waals surface area contributed by atoms with Crippen molar-refractivity contribution in [1.82, 2.24) is 10.6 Å². The van der Waals surface area contributed by atoms with Crippen molar-refractivity contribution in [3.05, 3.63) is 0 Å².